The highest BCUT2D eigenvalue weighted by molar-refractivity contribution is 5.92. The molecule has 2 aliphatic rings. The number of ether oxygens (including phenoxy) is 1. The van der Waals surface area contributed by atoms with Gasteiger partial charge in [0.25, 0.3) is 0 Å². The summed E-state index contributed by atoms with van der Waals surface area (Å²) in [5.41, 5.74) is 2.23. The van der Waals surface area contributed by atoms with Crippen molar-refractivity contribution < 1.29 is 14.3 Å². The number of imidazole rings is 1. The van der Waals surface area contributed by atoms with E-state index in [-0.39, 0.29) is 12.1 Å². The topological polar surface area (TPSA) is 88.5 Å². The van der Waals surface area contributed by atoms with E-state index in [1.807, 2.05) is 24.5 Å². The van der Waals surface area contributed by atoms with Crippen LogP contribution in [0.1, 0.15) is 26.2 Å². The molecule has 2 saturated heterocycles. The van der Waals surface area contributed by atoms with Crippen LogP contribution in [0.2, 0.25) is 0 Å². The number of aryl methyl sites for hydroxylation is 1. The minimum Gasteiger partial charge on any atom is -0.441 e. The smallest absolute Gasteiger partial charge is 0.407 e. The Balaban J connectivity index is 1.39. The van der Waals surface area contributed by atoms with Gasteiger partial charge in [-0.2, -0.15) is 0 Å². The van der Waals surface area contributed by atoms with Crippen LogP contribution in [0.4, 0.5) is 15.3 Å². The highest BCUT2D eigenvalue weighted by atomic mass is 16.6. The first kappa shape index (κ1) is 16.7. The van der Waals surface area contributed by atoms with Gasteiger partial charge in [-0.15, -0.1) is 0 Å². The molecule has 2 aliphatic heterocycles. The molecule has 8 nitrogen and oxygen atoms in total. The third kappa shape index (κ3) is 3.07. The van der Waals surface area contributed by atoms with E-state index in [0.29, 0.717) is 32.5 Å². The summed E-state index contributed by atoms with van der Waals surface area (Å²) in [6.45, 7) is 4.71. The number of rotatable bonds is 3. The van der Waals surface area contributed by atoms with Crippen molar-refractivity contribution in [2.75, 3.05) is 25.0 Å². The second-order valence-electron chi connectivity index (χ2n) is 6.98. The van der Waals surface area contributed by atoms with E-state index in [1.165, 1.54) is 0 Å². The van der Waals surface area contributed by atoms with Crippen molar-refractivity contribution in [3.63, 3.8) is 0 Å². The van der Waals surface area contributed by atoms with Crippen LogP contribution in [-0.2, 0) is 11.3 Å². The summed E-state index contributed by atoms with van der Waals surface area (Å²) < 4.78 is 7.50. The summed E-state index contributed by atoms with van der Waals surface area (Å²) >= 11 is 0. The van der Waals surface area contributed by atoms with Gasteiger partial charge in [-0.05, 0) is 24.6 Å². The molecular formula is C18H23N5O3. The van der Waals surface area contributed by atoms with Crippen molar-refractivity contribution >= 4 is 28.8 Å². The fourth-order valence-corrected chi connectivity index (χ4v) is 3.66. The van der Waals surface area contributed by atoms with E-state index in [2.05, 4.69) is 27.1 Å². The molecule has 1 spiro atoms. The standard InChI is InChI=1S/C18H23N5O3/c1-2-7-23-12-20-14-10-13(3-4-15(14)23)21-16(24)22-8-5-18(6-9-22)11-19-17(25)26-18/h3-4,10,12H,2,5-9,11H2,1H3,(H,19,25)(H,21,24). The Hall–Kier alpha value is -2.77. The van der Waals surface area contributed by atoms with Gasteiger partial charge in [0.1, 0.15) is 5.60 Å². The average molecular weight is 357 g/mol. The number of aromatic nitrogens is 2. The summed E-state index contributed by atoms with van der Waals surface area (Å²) in [4.78, 5) is 30.0. The van der Waals surface area contributed by atoms with Gasteiger partial charge >= 0.3 is 12.1 Å². The third-order valence-corrected chi connectivity index (χ3v) is 5.16. The fraction of sp³-hybridized carbons (Fsp3) is 0.500. The Morgan fingerprint density at radius 3 is 2.88 bits per heavy atom. The molecule has 8 heteroatoms. The quantitative estimate of drug-likeness (QED) is 0.884. The zero-order chi connectivity index (χ0) is 18.1. The zero-order valence-corrected chi connectivity index (χ0v) is 14.8. The number of nitrogens with zero attached hydrogens (tertiary/aromatic N) is 3. The van der Waals surface area contributed by atoms with E-state index < -0.39 is 5.60 Å². The molecule has 2 fully saturated rings. The Kier molecular flexibility index (Phi) is 4.18. The van der Waals surface area contributed by atoms with Crippen molar-refractivity contribution in [3.8, 4) is 0 Å². The number of hydrogen-bond donors (Lipinski definition) is 2. The molecule has 26 heavy (non-hydrogen) atoms. The fourth-order valence-electron chi connectivity index (χ4n) is 3.66. The molecule has 2 N–H and O–H groups in total. The van der Waals surface area contributed by atoms with Crippen LogP contribution in [0.25, 0.3) is 11.0 Å². The summed E-state index contributed by atoms with van der Waals surface area (Å²) in [5, 5.41) is 5.65. The SMILES string of the molecule is CCCn1cnc2cc(NC(=O)N3CCC4(CC3)CNC(=O)O4)ccc21. The Morgan fingerprint density at radius 1 is 1.38 bits per heavy atom. The lowest BCUT2D eigenvalue weighted by atomic mass is 9.92. The number of anilines is 1. The normalized spacial score (nSPS) is 18.8. The number of carbonyl (C=O) groups excluding carboxylic acids is 2. The zero-order valence-electron chi connectivity index (χ0n) is 14.8. The second-order valence-corrected chi connectivity index (χ2v) is 6.98. The lowest BCUT2D eigenvalue weighted by molar-refractivity contribution is 0.0110. The number of likely N-dealkylation sites (tertiary alicyclic amines) is 1. The predicted molar refractivity (Wildman–Crippen MR) is 97.1 cm³/mol. The Morgan fingerprint density at radius 2 is 2.19 bits per heavy atom. The molecule has 1 aromatic heterocycles. The number of piperidine rings is 1. The van der Waals surface area contributed by atoms with E-state index >= 15 is 0 Å². The lowest BCUT2D eigenvalue weighted by Crippen LogP contribution is -2.49. The first-order chi connectivity index (χ1) is 12.6. The van der Waals surface area contributed by atoms with Crippen molar-refractivity contribution in [3.05, 3.63) is 24.5 Å². The van der Waals surface area contributed by atoms with Crippen molar-refractivity contribution in [1.29, 1.82) is 0 Å². The van der Waals surface area contributed by atoms with Crippen LogP contribution in [-0.4, -0.2) is 51.8 Å². The first-order valence-electron chi connectivity index (χ1n) is 9.06. The maximum Gasteiger partial charge on any atom is 0.407 e. The largest absolute Gasteiger partial charge is 0.441 e. The molecule has 0 saturated carbocycles. The molecule has 3 amide bonds. The van der Waals surface area contributed by atoms with Gasteiger partial charge < -0.3 is 24.8 Å². The van der Waals surface area contributed by atoms with E-state index in [4.69, 9.17) is 4.74 Å². The molecule has 1 aromatic carbocycles. The van der Waals surface area contributed by atoms with E-state index in [9.17, 15) is 9.59 Å². The van der Waals surface area contributed by atoms with Crippen LogP contribution < -0.4 is 10.6 Å². The van der Waals surface area contributed by atoms with Crippen molar-refractivity contribution in [2.45, 2.75) is 38.3 Å². The van der Waals surface area contributed by atoms with Gasteiger partial charge in [0.15, 0.2) is 0 Å². The van der Waals surface area contributed by atoms with Gasteiger partial charge in [-0.3, -0.25) is 0 Å². The lowest BCUT2D eigenvalue weighted by Gasteiger charge is -2.37. The highest BCUT2D eigenvalue weighted by Gasteiger charge is 2.43. The van der Waals surface area contributed by atoms with Crippen molar-refractivity contribution in [2.24, 2.45) is 0 Å². The summed E-state index contributed by atoms with van der Waals surface area (Å²) in [6, 6.07) is 5.66. The second kappa shape index (κ2) is 6.51. The number of fused-ring (bicyclic) bond motifs is 1. The van der Waals surface area contributed by atoms with Gasteiger partial charge in [0.05, 0.1) is 23.9 Å². The minimum absolute atomic E-state index is 0.135. The number of benzene rings is 1. The molecule has 3 heterocycles. The highest BCUT2D eigenvalue weighted by Crippen LogP contribution is 2.29. The molecule has 0 unspecified atom stereocenters. The van der Waals surface area contributed by atoms with Crippen LogP contribution >= 0.6 is 0 Å². The van der Waals surface area contributed by atoms with Crippen LogP contribution in [0.5, 0.6) is 0 Å². The van der Waals surface area contributed by atoms with Gasteiger partial charge in [-0.25, -0.2) is 14.6 Å². The predicted octanol–water partition coefficient (Wildman–Crippen LogP) is 2.55. The maximum atomic E-state index is 12.5. The summed E-state index contributed by atoms with van der Waals surface area (Å²) in [5.74, 6) is 0. The van der Waals surface area contributed by atoms with Gasteiger partial charge in [0.2, 0.25) is 0 Å². The number of hydrogen-bond acceptors (Lipinski definition) is 4. The number of nitrogens with one attached hydrogen (secondary N) is 2. The molecule has 0 aliphatic carbocycles. The minimum atomic E-state index is -0.446. The van der Waals surface area contributed by atoms with Crippen molar-refractivity contribution in [1.82, 2.24) is 19.8 Å². The third-order valence-electron chi connectivity index (χ3n) is 5.16. The Bertz CT molecular complexity index is 838. The summed E-state index contributed by atoms with van der Waals surface area (Å²) in [6.07, 6.45) is 3.82. The van der Waals surface area contributed by atoms with Crippen LogP contribution in [0.15, 0.2) is 24.5 Å². The van der Waals surface area contributed by atoms with Crippen LogP contribution in [0, 0.1) is 0 Å². The maximum absolute atomic E-state index is 12.5. The number of carbonyl (C=O) groups is 2. The molecule has 0 radical (unpaired) electrons. The van der Waals surface area contributed by atoms with Crippen LogP contribution in [0.3, 0.4) is 0 Å². The number of urea groups is 1. The van der Waals surface area contributed by atoms with Gasteiger partial charge in [-0.1, -0.05) is 6.92 Å². The molecule has 4 rings (SSSR count). The molecule has 0 bridgehead atoms. The molecule has 138 valence electrons. The van der Waals surface area contributed by atoms with Gasteiger partial charge in [0, 0.05) is 38.2 Å². The molecule has 0 atom stereocenters. The summed E-state index contributed by atoms with van der Waals surface area (Å²) in [7, 11) is 0. The van der Waals surface area contributed by atoms with E-state index in [0.717, 1.165) is 29.7 Å². The Labute approximate surface area is 151 Å². The number of amides is 3. The molecular weight excluding hydrogens is 334 g/mol. The monoisotopic (exact) mass is 357 g/mol. The van der Waals surface area contributed by atoms with E-state index in [1.54, 1.807) is 4.90 Å². The molecule has 2 aromatic rings. The average Bonchev–Trinajstić information content (AvgIpc) is 3.19. The first-order valence-corrected chi connectivity index (χ1v) is 9.06. The number of alkyl carbamates (subject to hydrolysis) is 1.